The summed E-state index contributed by atoms with van der Waals surface area (Å²) < 4.78 is 32.1. The molecule has 5 atom stereocenters. The van der Waals surface area contributed by atoms with Gasteiger partial charge in [-0.2, -0.15) is 0 Å². The molecule has 1 aliphatic rings. The summed E-state index contributed by atoms with van der Waals surface area (Å²) in [4.78, 5) is 0. The molecule has 0 radical (unpaired) electrons. The summed E-state index contributed by atoms with van der Waals surface area (Å²) in [5.74, 6) is 0. The standard InChI is InChI=1S/C18H45NO5Si4/c1-25(2,3)20-13-14-16(22-26(4,5)6)17(23-27(7,8)9)15(19)18(21-14)24-28(10,11)12/h14-18H,13,19H2,1-12H3/t14-,15-,16-,17-,18?/m1/s1. The van der Waals surface area contributed by atoms with Crippen LogP contribution in [-0.2, 0) is 22.4 Å². The predicted octanol–water partition coefficient (Wildman–Crippen LogP) is 4.18. The van der Waals surface area contributed by atoms with E-state index >= 15 is 0 Å². The maximum Gasteiger partial charge on any atom is 0.187 e. The molecule has 1 aliphatic heterocycles. The van der Waals surface area contributed by atoms with Gasteiger partial charge in [0.05, 0.1) is 18.8 Å². The molecule has 1 saturated heterocycles. The van der Waals surface area contributed by atoms with E-state index < -0.39 is 39.6 Å². The topological polar surface area (TPSA) is 72.2 Å². The molecule has 0 saturated carbocycles. The highest BCUT2D eigenvalue weighted by molar-refractivity contribution is 6.71. The molecular weight excluding hydrogens is 423 g/mol. The molecule has 168 valence electrons. The minimum absolute atomic E-state index is 0.244. The van der Waals surface area contributed by atoms with Gasteiger partial charge in [-0.05, 0) is 78.6 Å². The van der Waals surface area contributed by atoms with E-state index in [2.05, 4.69) is 78.6 Å². The maximum absolute atomic E-state index is 6.66. The lowest BCUT2D eigenvalue weighted by atomic mass is 9.98. The third-order valence-electron chi connectivity index (χ3n) is 3.82. The van der Waals surface area contributed by atoms with Crippen LogP contribution >= 0.6 is 0 Å². The van der Waals surface area contributed by atoms with E-state index in [9.17, 15) is 0 Å². The van der Waals surface area contributed by atoms with E-state index in [-0.39, 0.29) is 24.4 Å². The van der Waals surface area contributed by atoms with Crippen LogP contribution in [0.1, 0.15) is 0 Å². The summed E-state index contributed by atoms with van der Waals surface area (Å²) >= 11 is 0. The SMILES string of the molecule is C[Si](C)(C)OC[C@H]1OC(O[Si](C)(C)C)[C@H](N)[C@@H](O[Si](C)(C)C)[C@@H]1O[Si](C)(C)C. The van der Waals surface area contributed by atoms with Gasteiger partial charge in [0, 0.05) is 0 Å². The van der Waals surface area contributed by atoms with Crippen molar-refractivity contribution in [3.8, 4) is 0 Å². The van der Waals surface area contributed by atoms with Crippen molar-refractivity contribution < 1.29 is 22.4 Å². The van der Waals surface area contributed by atoms with Crippen LogP contribution in [0.5, 0.6) is 0 Å². The van der Waals surface area contributed by atoms with Crippen LogP contribution in [0.15, 0.2) is 0 Å². The van der Waals surface area contributed by atoms with Crippen LogP contribution < -0.4 is 5.73 Å². The Labute approximate surface area is 177 Å². The van der Waals surface area contributed by atoms with Gasteiger partial charge in [0.2, 0.25) is 0 Å². The second-order valence-electron chi connectivity index (χ2n) is 11.7. The van der Waals surface area contributed by atoms with Crippen LogP contribution in [0.3, 0.4) is 0 Å². The van der Waals surface area contributed by atoms with Gasteiger partial charge in [-0.25, -0.2) is 0 Å². The number of ether oxygens (including phenoxy) is 1. The molecule has 0 amide bonds. The Bertz CT molecular complexity index is 480. The van der Waals surface area contributed by atoms with Crippen LogP contribution in [0, 0.1) is 0 Å². The number of nitrogens with two attached hydrogens (primary N) is 1. The summed E-state index contributed by atoms with van der Waals surface area (Å²) in [5, 5.41) is 0. The first kappa shape index (κ1) is 26.7. The molecule has 1 heterocycles. The largest absolute Gasteiger partial charge is 0.415 e. The zero-order valence-corrected chi connectivity index (χ0v) is 24.2. The van der Waals surface area contributed by atoms with Gasteiger partial charge >= 0.3 is 0 Å². The number of hydrogen-bond donors (Lipinski definition) is 1. The van der Waals surface area contributed by atoms with E-state index in [1.54, 1.807) is 0 Å². The molecule has 10 heteroatoms. The highest BCUT2D eigenvalue weighted by Crippen LogP contribution is 2.31. The fourth-order valence-electron chi connectivity index (χ4n) is 2.95. The fourth-order valence-corrected chi connectivity index (χ4v) is 6.74. The Morgan fingerprint density at radius 3 is 1.46 bits per heavy atom. The molecule has 28 heavy (non-hydrogen) atoms. The quantitative estimate of drug-likeness (QED) is 0.513. The van der Waals surface area contributed by atoms with Gasteiger partial charge in [-0.1, -0.05) is 0 Å². The highest BCUT2D eigenvalue weighted by Gasteiger charge is 2.50. The summed E-state index contributed by atoms with van der Waals surface area (Å²) in [7, 11) is -7.26. The van der Waals surface area contributed by atoms with Gasteiger partial charge in [-0.15, -0.1) is 0 Å². The van der Waals surface area contributed by atoms with E-state index in [4.69, 9.17) is 28.2 Å². The molecule has 0 aromatic carbocycles. The lowest BCUT2D eigenvalue weighted by molar-refractivity contribution is -0.233. The summed E-state index contributed by atoms with van der Waals surface area (Å²) in [5.41, 5.74) is 6.66. The Kier molecular flexibility index (Phi) is 8.96. The zero-order chi connectivity index (χ0) is 22.1. The third-order valence-corrected chi connectivity index (χ3v) is 7.75. The van der Waals surface area contributed by atoms with Crippen molar-refractivity contribution in [2.45, 2.75) is 109 Å². The van der Waals surface area contributed by atoms with Crippen molar-refractivity contribution in [3.05, 3.63) is 0 Å². The molecule has 0 bridgehead atoms. The monoisotopic (exact) mass is 467 g/mol. The average molecular weight is 468 g/mol. The number of rotatable bonds is 9. The Balaban J connectivity index is 3.23. The van der Waals surface area contributed by atoms with Crippen molar-refractivity contribution in [2.75, 3.05) is 6.61 Å². The zero-order valence-electron chi connectivity index (χ0n) is 20.2. The second-order valence-corrected chi connectivity index (χ2v) is 29.6. The first-order valence-electron chi connectivity index (χ1n) is 10.4. The van der Waals surface area contributed by atoms with Gasteiger partial charge < -0.3 is 28.2 Å². The molecule has 0 aromatic heterocycles. The molecule has 0 spiro atoms. The lowest BCUT2D eigenvalue weighted by Crippen LogP contribution is -2.68. The van der Waals surface area contributed by atoms with Crippen molar-refractivity contribution in [1.29, 1.82) is 0 Å². The average Bonchev–Trinajstić information content (AvgIpc) is 2.39. The highest BCUT2D eigenvalue weighted by atomic mass is 28.4. The Hall–Kier alpha value is 0.628. The van der Waals surface area contributed by atoms with Crippen LogP contribution in [0.4, 0.5) is 0 Å². The normalized spacial score (nSPS) is 30.5. The van der Waals surface area contributed by atoms with E-state index in [0.717, 1.165) is 0 Å². The third kappa shape index (κ3) is 10.1. The fraction of sp³-hybridized carbons (Fsp3) is 1.00. The molecular formula is C18H45NO5Si4. The summed E-state index contributed by atoms with van der Waals surface area (Å²) in [6.45, 7) is 26.6. The minimum Gasteiger partial charge on any atom is -0.415 e. The first-order chi connectivity index (χ1) is 12.3. The molecule has 0 aliphatic carbocycles. The summed E-state index contributed by atoms with van der Waals surface area (Å²) in [6.07, 6.45) is -1.25. The molecule has 6 nitrogen and oxygen atoms in total. The van der Waals surface area contributed by atoms with Crippen molar-refractivity contribution in [3.63, 3.8) is 0 Å². The van der Waals surface area contributed by atoms with Crippen molar-refractivity contribution in [1.82, 2.24) is 0 Å². The van der Waals surface area contributed by atoms with Crippen LogP contribution in [-0.4, -0.2) is 70.5 Å². The maximum atomic E-state index is 6.66. The molecule has 1 unspecified atom stereocenters. The van der Waals surface area contributed by atoms with E-state index in [0.29, 0.717) is 6.61 Å². The van der Waals surface area contributed by atoms with Gasteiger partial charge in [0.25, 0.3) is 0 Å². The lowest BCUT2D eigenvalue weighted by Gasteiger charge is -2.49. The van der Waals surface area contributed by atoms with Crippen molar-refractivity contribution >= 4 is 33.3 Å². The van der Waals surface area contributed by atoms with Crippen LogP contribution in [0.25, 0.3) is 0 Å². The second kappa shape index (κ2) is 9.41. The van der Waals surface area contributed by atoms with Gasteiger partial charge in [0.1, 0.15) is 12.2 Å². The van der Waals surface area contributed by atoms with Crippen LogP contribution in [0.2, 0.25) is 78.6 Å². The molecule has 1 fully saturated rings. The Morgan fingerprint density at radius 2 is 1.07 bits per heavy atom. The van der Waals surface area contributed by atoms with E-state index in [1.807, 2.05) is 0 Å². The van der Waals surface area contributed by atoms with Gasteiger partial charge in [-0.3, -0.25) is 0 Å². The van der Waals surface area contributed by atoms with Gasteiger partial charge in [0.15, 0.2) is 39.6 Å². The Morgan fingerprint density at radius 1 is 0.643 bits per heavy atom. The molecule has 1 rings (SSSR count). The van der Waals surface area contributed by atoms with Crippen molar-refractivity contribution in [2.24, 2.45) is 5.73 Å². The number of hydrogen-bond acceptors (Lipinski definition) is 6. The smallest absolute Gasteiger partial charge is 0.187 e. The minimum atomic E-state index is -1.86. The van der Waals surface area contributed by atoms with E-state index in [1.165, 1.54) is 0 Å². The molecule has 2 N–H and O–H groups in total. The first-order valence-corrected chi connectivity index (χ1v) is 24.0. The molecule has 0 aromatic rings. The summed E-state index contributed by atoms with van der Waals surface area (Å²) in [6, 6.07) is -0.386. The predicted molar refractivity (Wildman–Crippen MR) is 127 cm³/mol.